The summed E-state index contributed by atoms with van der Waals surface area (Å²) >= 11 is 5.90. The van der Waals surface area contributed by atoms with Gasteiger partial charge in [0.25, 0.3) is 0 Å². The van der Waals surface area contributed by atoms with Gasteiger partial charge in [0.05, 0.1) is 12.2 Å². The molecular weight excluding hydrogens is 242 g/mol. The molecule has 92 valence electrons. The number of nitrogen functional groups attached to an aromatic ring is 1. The Labute approximate surface area is 105 Å². The number of benzene rings is 1. The summed E-state index contributed by atoms with van der Waals surface area (Å²) in [5, 5.41) is -0.774. The van der Waals surface area contributed by atoms with Crippen LogP contribution in [0, 0.1) is 0 Å². The van der Waals surface area contributed by atoms with E-state index in [1.54, 1.807) is 19.1 Å². The fraction of sp³-hybridized carbons (Fsp3) is 0.333. The lowest BCUT2D eigenvalue weighted by molar-refractivity contribution is -0.116. The number of rotatable bonds is 4. The number of anilines is 1. The Morgan fingerprint density at radius 3 is 2.65 bits per heavy atom. The number of esters is 1. The second-order valence-electron chi connectivity index (χ2n) is 3.54. The minimum absolute atomic E-state index is 0.189. The van der Waals surface area contributed by atoms with Crippen LogP contribution in [-0.4, -0.2) is 18.4 Å². The van der Waals surface area contributed by atoms with Crippen molar-refractivity contribution in [3.05, 3.63) is 29.3 Å². The Morgan fingerprint density at radius 2 is 2.12 bits per heavy atom. The number of carbonyl (C=O) groups excluding carboxylic acids is 2. The van der Waals surface area contributed by atoms with Gasteiger partial charge in [0.1, 0.15) is 5.38 Å². The zero-order chi connectivity index (χ0) is 13.0. The van der Waals surface area contributed by atoms with E-state index in [1.165, 1.54) is 13.0 Å². The number of Topliss-reactive ketones (excluding diaryl/α,β-unsaturated/α-hetero) is 1. The Morgan fingerprint density at radius 1 is 1.47 bits per heavy atom. The zero-order valence-corrected chi connectivity index (χ0v) is 10.5. The maximum absolute atomic E-state index is 11.6. The molecule has 0 radical (unpaired) electrons. The number of ketones is 1. The molecule has 1 atom stereocenters. The highest BCUT2D eigenvalue weighted by Crippen LogP contribution is 2.25. The fourth-order valence-corrected chi connectivity index (χ4v) is 1.49. The average Bonchev–Trinajstić information content (AvgIpc) is 2.28. The number of hydrogen-bond donors (Lipinski definition) is 1. The van der Waals surface area contributed by atoms with Gasteiger partial charge in [-0.15, -0.1) is 11.6 Å². The first-order valence-corrected chi connectivity index (χ1v) is 5.62. The molecule has 1 aromatic carbocycles. The third-order valence-corrected chi connectivity index (χ3v) is 2.78. The van der Waals surface area contributed by atoms with Gasteiger partial charge in [-0.25, -0.2) is 4.79 Å². The van der Waals surface area contributed by atoms with Gasteiger partial charge in [0.15, 0.2) is 5.78 Å². The molecule has 1 rings (SSSR count). The second kappa shape index (κ2) is 5.68. The first-order chi connectivity index (χ1) is 7.97. The third-order valence-electron chi connectivity index (χ3n) is 2.22. The highest BCUT2D eigenvalue weighted by atomic mass is 35.5. The Balaban J connectivity index is 3.10. The van der Waals surface area contributed by atoms with Gasteiger partial charge in [-0.2, -0.15) is 0 Å². The predicted octanol–water partition coefficient (Wildman–Crippen LogP) is 2.31. The highest BCUT2D eigenvalue weighted by molar-refractivity contribution is 6.30. The van der Waals surface area contributed by atoms with Crippen molar-refractivity contribution in [2.75, 3.05) is 12.3 Å². The van der Waals surface area contributed by atoms with E-state index in [0.29, 0.717) is 11.3 Å². The Hall–Kier alpha value is -1.55. The van der Waals surface area contributed by atoms with Crippen molar-refractivity contribution in [1.29, 1.82) is 0 Å². The zero-order valence-electron chi connectivity index (χ0n) is 9.70. The molecule has 0 amide bonds. The van der Waals surface area contributed by atoms with Crippen molar-refractivity contribution in [2.45, 2.75) is 19.2 Å². The van der Waals surface area contributed by atoms with E-state index < -0.39 is 11.3 Å². The lowest BCUT2D eigenvalue weighted by Gasteiger charge is -2.10. The second-order valence-corrected chi connectivity index (χ2v) is 3.98. The largest absolute Gasteiger partial charge is 0.462 e. The Kier molecular flexibility index (Phi) is 4.52. The van der Waals surface area contributed by atoms with Crippen LogP contribution in [0.3, 0.4) is 0 Å². The topological polar surface area (TPSA) is 69.4 Å². The minimum Gasteiger partial charge on any atom is -0.462 e. The van der Waals surface area contributed by atoms with Crippen molar-refractivity contribution >= 4 is 29.0 Å². The number of halogens is 1. The number of ether oxygens (including phenoxy) is 1. The highest BCUT2D eigenvalue weighted by Gasteiger charge is 2.17. The Bertz CT molecular complexity index is 445. The molecule has 4 nitrogen and oxygen atoms in total. The van der Waals surface area contributed by atoms with Crippen LogP contribution in [0.1, 0.15) is 35.1 Å². The van der Waals surface area contributed by atoms with E-state index in [1.807, 2.05) is 0 Å². The van der Waals surface area contributed by atoms with Crippen LogP contribution in [0.25, 0.3) is 0 Å². The van der Waals surface area contributed by atoms with Gasteiger partial charge < -0.3 is 10.5 Å². The van der Waals surface area contributed by atoms with Gasteiger partial charge >= 0.3 is 5.97 Å². The summed E-state index contributed by atoms with van der Waals surface area (Å²) in [4.78, 5) is 22.7. The molecule has 17 heavy (non-hydrogen) atoms. The maximum Gasteiger partial charge on any atom is 0.340 e. The van der Waals surface area contributed by atoms with Crippen LogP contribution >= 0.6 is 11.6 Å². The molecule has 1 unspecified atom stereocenters. The van der Waals surface area contributed by atoms with Crippen molar-refractivity contribution in [3.8, 4) is 0 Å². The molecular formula is C12H14ClNO3. The van der Waals surface area contributed by atoms with Crippen molar-refractivity contribution in [2.24, 2.45) is 0 Å². The SMILES string of the molecule is CCOC(=O)c1cc(C(Cl)C(C)=O)ccc1N. The molecule has 0 saturated heterocycles. The number of nitrogens with two attached hydrogens (primary N) is 1. The molecule has 0 aliphatic rings. The van der Waals surface area contributed by atoms with Crippen molar-refractivity contribution < 1.29 is 14.3 Å². The van der Waals surface area contributed by atoms with Gasteiger partial charge in [-0.05, 0) is 31.5 Å². The summed E-state index contributed by atoms with van der Waals surface area (Å²) < 4.78 is 4.86. The summed E-state index contributed by atoms with van der Waals surface area (Å²) in [6, 6.07) is 4.66. The molecule has 0 aromatic heterocycles. The van der Waals surface area contributed by atoms with Crippen LogP contribution in [0.2, 0.25) is 0 Å². The lowest BCUT2D eigenvalue weighted by atomic mass is 10.0. The molecule has 5 heteroatoms. The van der Waals surface area contributed by atoms with Gasteiger partial charge in [-0.3, -0.25) is 4.79 Å². The van der Waals surface area contributed by atoms with Gasteiger partial charge in [0, 0.05) is 5.69 Å². The summed E-state index contributed by atoms with van der Waals surface area (Å²) in [5.74, 6) is -0.703. The number of carbonyl (C=O) groups is 2. The van der Waals surface area contributed by atoms with Crippen LogP contribution in [-0.2, 0) is 9.53 Å². The maximum atomic E-state index is 11.6. The normalized spacial score (nSPS) is 11.9. The number of hydrogen-bond acceptors (Lipinski definition) is 4. The van der Waals surface area contributed by atoms with Crippen molar-refractivity contribution in [3.63, 3.8) is 0 Å². The minimum atomic E-state index is -0.774. The van der Waals surface area contributed by atoms with E-state index >= 15 is 0 Å². The third kappa shape index (κ3) is 3.20. The molecule has 0 aliphatic heterocycles. The predicted molar refractivity (Wildman–Crippen MR) is 66.1 cm³/mol. The molecule has 0 saturated carbocycles. The van der Waals surface area contributed by atoms with Crippen molar-refractivity contribution in [1.82, 2.24) is 0 Å². The quantitative estimate of drug-likeness (QED) is 0.509. The monoisotopic (exact) mass is 255 g/mol. The lowest BCUT2D eigenvalue weighted by Crippen LogP contribution is -2.10. The molecule has 2 N–H and O–H groups in total. The molecule has 1 aromatic rings. The smallest absolute Gasteiger partial charge is 0.340 e. The summed E-state index contributed by atoms with van der Waals surface area (Å²) in [6.07, 6.45) is 0. The summed E-state index contributed by atoms with van der Waals surface area (Å²) in [7, 11) is 0. The number of alkyl halides is 1. The molecule has 0 heterocycles. The fourth-order valence-electron chi connectivity index (χ4n) is 1.35. The van der Waals surface area contributed by atoms with Crippen LogP contribution < -0.4 is 5.73 Å². The van der Waals surface area contributed by atoms with Gasteiger partial charge in [0.2, 0.25) is 0 Å². The molecule has 0 bridgehead atoms. The first-order valence-electron chi connectivity index (χ1n) is 5.18. The molecule has 0 aliphatic carbocycles. The summed E-state index contributed by atoms with van der Waals surface area (Å²) in [5.41, 5.74) is 6.74. The van der Waals surface area contributed by atoms with E-state index in [9.17, 15) is 9.59 Å². The van der Waals surface area contributed by atoms with Gasteiger partial charge in [-0.1, -0.05) is 6.07 Å². The average molecular weight is 256 g/mol. The van der Waals surface area contributed by atoms with E-state index in [2.05, 4.69) is 0 Å². The van der Waals surface area contributed by atoms with Crippen LogP contribution in [0.15, 0.2) is 18.2 Å². The van der Waals surface area contributed by atoms with E-state index in [-0.39, 0.29) is 18.0 Å². The van der Waals surface area contributed by atoms with E-state index in [0.717, 1.165) is 0 Å². The first kappa shape index (κ1) is 13.5. The van der Waals surface area contributed by atoms with Crippen LogP contribution in [0.4, 0.5) is 5.69 Å². The molecule has 0 spiro atoms. The summed E-state index contributed by atoms with van der Waals surface area (Å²) in [6.45, 7) is 3.36. The standard InChI is InChI=1S/C12H14ClNO3/c1-3-17-12(16)9-6-8(4-5-10(9)14)11(13)7(2)15/h4-6,11H,3,14H2,1-2H3. The van der Waals surface area contributed by atoms with E-state index in [4.69, 9.17) is 22.1 Å². The molecule has 0 fully saturated rings. The van der Waals surface area contributed by atoms with Crippen LogP contribution in [0.5, 0.6) is 0 Å².